The van der Waals surface area contributed by atoms with Crippen LogP contribution in [-0.2, 0) is 0 Å². The summed E-state index contributed by atoms with van der Waals surface area (Å²) in [6.07, 6.45) is 2.24. The van der Waals surface area contributed by atoms with E-state index in [1.807, 2.05) is 0 Å². The van der Waals surface area contributed by atoms with Crippen LogP contribution in [-0.4, -0.2) is 9.97 Å². The fraction of sp³-hybridized carbons (Fsp3) is 0. The van der Waals surface area contributed by atoms with Gasteiger partial charge in [0.25, 0.3) is 0 Å². The molecule has 8 heavy (non-hydrogen) atoms. The fourth-order valence-corrected chi connectivity index (χ4v) is 0.471. The molecule has 4 heteroatoms. The Morgan fingerprint density at radius 3 is 2.25 bits per heavy atom. The summed E-state index contributed by atoms with van der Waals surface area (Å²) >= 11 is 0. The standard InChI is InChI=1S/C4H4FN2P/c5-3-1-6-4(8)7-2-3/h1-2H,8H2. The molecule has 1 aromatic rings. The molecule has 0 aliphatic rings. The van der Waals surface area contributed by atoms with Crippen molar-refractivity contribution in [3.05, 3.63) is 18.2 Å². The van der Waals surface area contributed by atoms with E-state index < -0.39 is 5.82 Å². The second-order valence-electron chi connectivity index (χ2n) is 1.26. The molecule has 1 atom stereocenters. The topological polar surface area (TPSA) is 25.8 Å². The number of rotatable bonds is 0. The first-order chi connectivity index (χ1) is 3.79. The first kappa shape index (κ1) is 5.57. The first-order valence-corrected chi connectivity index (χ1v) is 2.60. The summed E-state index contributed by atoms with van der Waals surface area (Å²) < 4.78 is 12.0. The van der Waals surface area contributed by atoms with Gasteiger partial charge >= 0.3 is 0 Å². The number of hydrogen-bond donors (Lipinski definition) is 0. The van der Waals surface area contributed by atoms with Crippen molar-refractivity contribution in [2.75, 3.05) is 0 Å². The highest BCUT2D eigenvalue weighted by molar-refractivity contribution is 7.26. The van der Waals surface area contributed by atoms with E-state index in [0.717, 1.165) is 12.4 Å². The number of hydrogen-bond acceptors (Lipinski definition) is 2. The summed E-state index contributed by atoms with van der Waals surface area (Å²) in [7, 11) is 2.26. The quantitative estimate of drug-likeness (QED) is 0.466. The molecule has 1 rings (SSSR count). The van der Waals surface area contributed by atoms with Gasteiger partial charge in [-0.15, -0.1) is 0 Å². The molecule has 0 aliphatic heterocycles. The second kappa shape index (κ2) is 2.14. The molecule has 1 aromatic heterocycles. The average Bonchev–Trinajstić information content (AvgIpc) is 1.77. The van der Waals surface area contributed by atoms with Crippen molar-refractivity contribution in [3.63, 3.8) is 0 Å². The summed E-state index contributed by atoms with van der Waals surface area (Å²) in [5, 5.41) is 0. The van der Waals surface area contributed by atoms with Gasteiger partial charge in [-0.1, -0.05) is 9.24 Å². The van der Waals surface area contributed by atoms with Gasteiger partial charge in [0.2, 0.25) is 0 Å². The highest BCUT2D eigenvalue weighted by Gasteiger charge is 1.86. The molecule has 0 N–H and O–H groups in total. The van der Waals surface area contributed by atoms with Gasteiger partial charge in [-0.05, 0) is 0 Å². The van der Waals surface area contributed by atoms with E-state index in [0.29, 0.717) is 5.57 Å². The van der Waals surface area contributed by atoms with Crippen LogP contribution in [0.25, 0.3) is 0 Å². The van der Waals surface area contributed by atoms with Gasteiger partial charge in [-0.25, -0.2) is 14.4 Å². The molecule has 0 amide bonds. The van der Waals surface area contributed by atoms with Crippen LogP contribution < -0.4 is 5.57 Å². The Kier molecular flexibility index (Phi) is 1.49. The minimum atomic E-state index is -0.406. The van der Waals surface area contributed by atoms with Crippen LogP contribution in [0.3, 0.4) is 0 Å². The van der Waals surface area contributed by atoms with E-state index in [2.05, 4.69) is 19.2 Å². The lowest BCUT2D eigenvalue weighted by Gasteiger charge is -1.85. The van der Waals surface area contributed by atoms with Crippen LogP contribution in [0.1, 0.15) is 0 Å². The first-order valence-electron chi connectivity index (χ1n) is 2.02. The van der Waals surface area contributed by atoms with Crippen molar-refractivity contribution in [1.29, 1.82) is 0 Å². The molecule has 0 radical (unpaired) electrons. The van der Waals surface area contributed by atoms with Crippen molar-refractivity contribution in [2.24, 2.45) is 0 Å². The summed E-state index contributed by atoms with van der Waals surface area (Å²) in [5.74, 6) is -0.406. The Morgan fingerprint density at radius 1 is 1.38 bits per heavy atom. The van der Waals surface area contributed by atoms with Crippen LogP contribution in [0.5, 0.6) is 0 Å². The van der Waals surface area contributed by atoms with Crippen LogP contribution in [0.15, 0.2) is 12.4 Å². The van der Waals surface area contributed by atoms with Gasteiger partial charge < -0.3 is 0 Å². The predicted molar refractivity (Wildman–Crippen MR) is 31.3 cm³/mol. The van der Waals surface area contributed by atoms with Crippen LogP contribution in [0.4, 0.5) is 4.39 Å². The number of nitrogens with zero attached hydrogens (tertiary/aromatic N) is 2. The van der Waals surface area contributed by atoms with Crippen molar-refractivity contribution >= 4 is 14.8 Å². The van der Waals surface area contributed by atoms with E-state index in [1.165, 1.54) is 0 Å². The summed E-state index contributed by atoms with van der Waals surface area (Å²) in [5.41, 5.74) is 0.506. The predicted octanol–water partition coefficient (Wildman–Crippen LogP) is 0.116. The van der Waals surface area contributed by atoms with E-state index in [1.54, 1.807) is 0 Å². The smallest absolute Gasteiger partial charge is 0.159 e. The molecule has 1 heterocycles. The largest absolute Gasteiger partial charge is 0.234 e. The van der Waals surface area contributed by atoms with Gasteiger partial charge in [-0.2, -0.15) is 0 Å². The highest BCUT2D eigenvalue weighted by Crippen LogP contribution is 1.86. The molecule has 0 aliphatic carbocycles. The van der Waals surface area contributed by atoms with Crippen molar-refractivity contribution in [2.45, 2.75) is 0 Å². The van der Waals surface area contributed by atoms with Crippen molar-refractivity contribution < 1.29 is 4.39 Å². The lowest BCUT2D eigenvalue weighted by molar-refractivity contribution is 0.615. The molecule has 0 fully saturated rings. The third kappa shape index (κ3) is 1.20. The van der Waals surface area contributed by atoms with E-state index >= 15 is 0 Å². The van der Waals surface area contributed by atoms with E-state index in [9.17, 15) is 4.39 Å². The molecule has 0 saturated heterocycles. The minimum Gasteiger partial charge on any atom is -0.234 e. The molecular formula is C4H4FN2P. The Morgan fingerprint density at radius 2 is 1.88 bits per heavy atom. The Labute approximate surface area is 48.4 Å². The summed E-state index contributed by atoms with van der Waals surface area (Å²) in [4.78, 5) is 7.11. The maximum Gasteiger partial charge on any atom is 0.159 e. The van der Waals surface area contributed by atoms with Crippen LogP contribution >= 0.6 is 9.24 Å². The third-order valence-electron chi connectivity index (χ3n) is 0.640. The van der Waals surface area contributed by atoms with Crippen molar-refractivity contribution in [1.82, 2.24) is 9.97 Å². The van der Waals surface area contributed by atoms with E-state index in [4.69, 9.17) is 0 Å². The van der Waals surface area contributed by atoms with Crippen molar-refractivity contribution in [3.8, 4) is 0 Å². The third-order valence-corrected chi connectivity index (χ3v) is 0.938. The molecular weight excluding hydrogens is 126 g/mol. The zero-order chi connectivity index (χ0) is 5.98. The Bertz CT molecular complexity index is 153. The number of halogens is 1. The maximum atomic E-state index is 12.0. The molecule has 42 valence electrons. The summed E-state index contributed by atoms with van der Waals surface area (Å²) in [6.45, 7) is 0. The molecule has 1 unspecified atom stereocenters. The van der Waals surface area contributed by atoms with Crippen LogP contribution in [0, 0.1) is 5.82 Å². The minimum absolute atomic E-state index is 0.406. The zero-order valence-electron chi connectivity index (χ0n) is 4.00. The summed E-state index contributed by atoms with van der Waals surface area (Å²) in [6, 6.07) is 0. The monoisotopic (exact) mass is 130 g/mol. The lowest BCUT2D eigenvalue weighted by atomic mass is 10.7. The molecule has 0 aromatic carbocycles. The molecule has 0 saturated carbocycles. The van der Waals surface area contributed by atoms with Gasteiger partial charge in [0.1, 0.15) is 5.57 Å². The second-order valence-corrected chi connectivity index (χ2v) is 1.78. The molecule has 2 nitrogen and oxygen atoms in total. The highest BCUT2D eigenvalue weighted by atomic mass is 31.0. The lowest BCUT2D eigenvalue weighted by Crippen LogP contribution is -2.01. The van der Waals surface area contributed by atoms with Gasteiger partial charge in [0.15, 0.2) is 5.82 Å². The van der Waals surface area contributed by atoms with Gasteiger partial charge in [0.05, 0.1) is 12.4 Å². The average molecular weight is 130 g/mol. The van der Waals surface area contributed by atoms with Crippen LogP contribution in [0.2, 0.25) is 0 Å². The van der Waals surface area contributed by atoms with Gasteiger partial charge in [0, 0.05) is 0 Å². The fourth-order valence-electron chi connectivity index (χ4n) is 0.322. The normalized spacial score (nSPS) is 9.25. The Balaban J connectivity index is 3.03. The Hall–Kier alpha value is -0.560. The van der Waals surface area contributed by atoms with Gasteiger partial charge in [-0.3, -0.25) is 0 Å². The SMILES string of the molecule is Fc1cnc(P)nc1. The zero-order valence-corrected chi connectivity index (χ0v) is 5.16. The molecule has 0 spiro atoms. The van der Waals surface area contributed by atoms with E-state index in [-0.39, 0.29) is 0 Å². The molecule has 0 bridgehead atoms. The number of aromatic nitrogens is 2. The maximum absolute atomic E-state index is 12.0.